The molecule has 1 aromatic heterocycles. The summed E-state index contributed by atoms with van der Waals surface area (Å²) >= 11 is 6.06. The molecule has 1 aliphatic carbocycles. The summed E-state index contributed by atoms with van der Waals surface area (Å²) in [7, 11) is 0. The highest BCUT2D eigenvalue weighted by Crippen LogP contribution is 2.45. The molecule has 4 heteroatoms. The number of hydrogen-bond donors (Lipinski definition) is 1. The molecule has 15 heavy (non-hydrogen) atoms. The summed E-state index contributed by atoms with van der Waals surface area (Å²) < 4.78 is 2.14. The lowest BCUT2D eigenvalue weighted by Gasteiger charge is -2.29. The van der Waals surface area contributed by atoms with Crippen LogP contribution in [-0.4, -0.2) is 15.1 Å². The maximum Gasteiger partial charge on any atom is 0.203 e. The fraction of sp³-hybridized carbons (Fsp3) is 0.727. The second-order valence-electron chi connectivity index (χ2n) is 4.99. The lowest BCUT2D eigenvalue weighted by Crippen LogP contribution is -2.37. The highest BCUT2D eigenvalue weighted by Gasteiger charge is 2.46. The van der Waals surface area contributed by atoms with Crippen molar-refractivity contribution in [2.24, 2.45) is 11.7 Å². The summed E-state index contributed by atoms with van der Waals surface area (Å²) in [5.74, 6) is 0.636. The van der Waals surface area contributed by atoms with Gasteiger partial charge in [-0.05, 0) is 50.1 Å². The van der Waals surface area contributed by atoms with Crippen LogP contribution in [0.4, 0.5) is 0 Å². The average molecular weight is 226 g/mol. The lowest BCUT2D eigenvalue weighted by atomic mass is 9.87. The molecule has 82 valence electrons. The molecule has 0 amide bonds. The van der Waals surface area contributed by atoms with Crippen LogP contribution in [0.2, 0.25) is 5.28 Å². The lowest BCUT2D eigenvalue weighted by molar-refractivity contribution is 0.315. The SMILES string of the molecule is Cc1nc(Cl)n2c1CC(C1(N)CC1)CC2. The van der Waals surface area contributed by atoms with Crippen molar-refractivity contribution in [3.8, 4) is 0 Å². The third-order valence-corrected chi connectivity index (χ3v) is 4.30. The summed E-state index contributed by atoms with van der Waals surface area (Å²) in [6, 6.07) is 0. The minimum atomic E-state index is 0.133. The number of fused-ring (bicyclic) bond motifs is 1. The van der Waals surface area contributed by atoms with Crippen molar-refractivity contribution in [2.75, 3.05) is 0 Å². The van der Waals surface area contributed by atoms with Gasteiger partial charge in [0.2, 0.25) is 5.28 Å². The Morgan fingerprint density at radius 2 is 2.27 bits per heavy atom. The van der Waals surface area contributed by atoms with Crippen molar-refractivity contribution in [1.82, 2.24) is 9.55 Å². The molecule has 2 N–H and O–H groups in total. The molecule has 0 radical (unpaired) electrons. The zero-order valence-corrected chi connectivity index (χ0v) is 9.72. The second-order valence-corrected chi connectivity index (χ2v) is 5.33. The second kappa shape index (κ2) is 2.98. The topological polar surface area (TPSA) is 43.8 Å². The molecule has 1 atom stereocenters. The minimum Gasteiger partial charge on any atom is -0.325 e. The first kappa shape index (κ1) is 9.67. The van der Waals surface area contributed by atoms with Crippen molar-refractivity contribution < 1.29 is 0 Å². The normalized spacial score (nSPS) is 27.5. The minimum absolute atomic E-state index is 0.133. The van der Waals surface area contributed by atoms with Gasteiger partial charge in [0.1, 0.15) is 0 Å². The van der Waals surface area contributed by atoms with E-state index in [2.05, 4.69) is 9.55 Å². The van der Waals surface area contributed by atoms with Crippen LogP contribution in [0.25, 0.3) is 0 Å². The van der Waals surface area contributed by atoms with Crippen LogP contribution in [-0.2, 0) is 13.0 Å². The summed E-state index contributed by atoms with van der Waals surface area (Å²) in [6.07, 6.45) is 4.60. The fourth-order valence-electron chi connectivity index (χ4n) is 2.72. The van der Waals surface area contributed by atoms with E-state index in [4.69, 9.17) is 17.3 Å². The molecule has 0 spiro atoms. The van der Waals surface area contributed by atoms with Gasteiger partial charge in [0.15, 0.2) is 0 Å². The predicted octanol–water partition coefficient (Wildman–Crippen LogP) is 1.90. The number of aromatic nitrogens is 2. The summed E-state index contributed by atoms with van der Waals surface area (Å²) in [6.45, 7) is 3.02. The van der Waals surface area contributed by atoms with Crippen LogP contribution in [0.5, 0.6) is 0 Å². The third-order valence-electron chi connectivity index (χ3n) is 4.01. The van der Waals surface area contributed by atoms with E-state index in [0.29, 0.717) is 11.2 Å². The van der Waals surface area contributed by atoms with Gasteiger partial charge in [-0.15, -0.1) is 0 Å². The molecule has 1 unspecified atom stereocenters. The first-order chi connectivity index (χ1) is 7.10. The summed E-state index contributed by atoms with van der Waals surface area (Å²) in [4.78, 5) is 4.32. The Kier molecular flexibility index (Phi) is 1.92. The Balaban J connectivity index is 1.92. The van der Waals surface area contributed by atoms with E-state index in [1.807, 2.05) is 6.92 Å². The van der Waals surface area contributed by atoms with Crippen molar-refractivity contribution in [1.29, 1.82) is 0 Å². The number of aryl methyl sites for hydroxylation is 1. The third kappa shape index (κ3) is 1.41. The first-order valence-electron chi connectivity index (χ1n) is 5.60. The molecule has 0 saturated heterocycles. The van der Waals surface area contributed by atoms with Crippen molar-refractivity contribution in [3.63, 3.8) is 0 Å². The molecule has 0 aromatic carbocycles. The van der Waals surface area contributed by atoms with Crippen LogP contribution < -0.4 is 5.73 Å². The molecule has 1 aromatic rings. The molecular formula is C11H16ClN3. The van der Waals surface area contributed by atoms with Gasteiger partial charge >= 0.3 is 0 Å². The molecule has 2 aliphatic rings. The van der Waals surface area contributed by atoms with Crippen LogP contribution in [0, 0.1) is 12.8 Å². The van der Waals surface area contributed by atoms with Gasteiger partial charge in [0.05, 0.1) is 5.69 Å². The van der Waals surface area contributed by atoms with Gasteiger partial charge in [0.25, 0.3) is 0 Å². The van der Waals surface area contributed by atoms with Gasteiger partial charge in [-0.1, -0.05) is 0 Å². The van der Waals surface area contributed by atoms with Crippen molar-refractivity contribution in [3.05, 3.63) is 16.7 Å². The summed E-state index contributed by atoms with van der Waals surface area (Å²) in [5, 5.41) is 0.641. The first-order valence-corrected chi connectivity index (χ1v) is 5.98. The number of hydrogen-bond acceptors (Lipinski definition) is 2. The Morgan fingerprint density at radius 1 is 1.53 bits per heavy atom. The number of nitrogens with zero attached hydrogens (tertiary/aromatic N) is 2. The van der Waals surface area contributed by atoms with Crippen molar-refractivity contribution in [2.45, 2.75) is 44.7 Å². The smallest absolute Gasteiger partial charge is 0.203 e. The maximum atomic E-state index is 6.27. The van der Waals surface area contributed by atoms with E-state index in [9.17, 15) is 0 Å². The largest absolute Gasteiger partial charge is 0.325 e. The molecule has 0 bridgehead atoms. The zero-order chi connectivity index (χ0) is 10.6. The quantitative estimate of drug-likeness (QED) is 0.794. The van der Waals surface area contributed by atoms with Crippen LogP contribution >= 0.6 is 11.6 Å². The van der Waals surface area contributed by atoms with Gasteiger partial charge in [0, 0.05) is 17.8 Å². The number of halogens is 1. The summed E-state index contributed by atoms with van der Waals surface area (Å²) in [5.41, 5.74) is 8.78. The molecule has 1 aliphatic heterocycles. The van der Waals surface area contributed by atoms with Gasteiger partial charge in [-0.3, -0.25) is 0 Å². The van der Waals surface area contributed by atoms with E-state index in [0.717, 1.165) is 25.1 Å². The Bertz CT molecular complexity index is 406. The molecule has 2 heterocycles. The number of imidazole rings is 1. The van der Waals surface area contributed by atoms with Gasteiger partial charge in [-0.25, -0.2) is 4.98 Å². The monoisotopic (exact) mass is 225 g/mol. The molecule has 1 saturated carbocycles. The van der Waals surface area contributed by atoms with Crippen LogP contribution in [0.3, 0.4) is 0 Å². The average Bonchev–Trinajstić information content (AvgIpc) is 2.90. The molecule has 3 rings (SSSR count). The Hall–Kier alpha value is -0.540. The van der Waals surface area contributed by atoms with Crippen molar-refractivity contribution >= 4 is 11.6 Å². The molecular weight excluding hydrogens is 210 g/mol. The number of nitrogens with two attached hydrogens (primary N) is 1. The highest BCUT2D eigenvalue weighted by atomic mass is 35.5. The van der Waals surface area contributed by atoms with E-state index in [1.54, 1.807) is 0 Å². The van der Waals surface area contributed by atoms with E-state index >= 15 is 0 Å². The fourth-order valence-corrected chi connectivity index (χ4v) is 3.03. The molecule has 3 nitrogen and oxygen atoms in total. The maximum absolute atomic E-state index is 6.27. The van der Waals surface area contributed by atoms with Crippen LogP contribution in [0.15, 0.2) is 0 Å². The van der Waals surface area contributed by atoms with Gasteiger partial charge < -0.3 is 10.3 Å². The Labute approximate surface area is 94.6 Å². The Morgan fingerprint density at radius 3 is 2.93 bits per heavy atom. The standard InChI is InChI=1S/C11H16ClN3/c1-7-9-6-8(11(13)3-4-11)2-5-15(9)10(12)14-7/h8H,2-6,13H2,1H3. The highest BCUT2D eigenvalue weighted by molar-refractivity contribution is 6.28. The number of rotatable bonds is 1. The van der Waals surface area contributed by atoms with E-state index in [-0.39, 0.29) is 5.54 Å². The van der Waals surface area contributed by atoms with Gasteiger partial charge in [-0.2, -0.15) is 0 Å². The molecule has 1 fully saturated rings. The van der Waals surface area contributed by atoms with Crippen LogP contribution in [0.1, 0.15) is 30.7 Å². The van der Waals surface area contributed by atoms with E-state index < -0.39 is 0 Å². The predicted molar refractivity (Wildman–Crippen MR) is 59.9 cm³/mol. The zero-order valence-electron chi connectivity index (χ0n) is 8.96. The van der Waals surface area contributed by atoms with E-state index in [1.165, 1.54) is 18.5 Å².